The number of hydrogen-bond donors (Lipinski definition) is 3. The van der Waals surface area contributed by atoms with Gasteiger partial charge in [-0.1, -0.05) is 11.6 Å². The minimum absolute atomic E-state index is 0.214. The smallest absolute Gasteiger partial charge is 0.253 e. The van der Waals surface area contributed by atoms with Crippen molar-refractivity contribution in [2.45, 2.75) is 18.9 Å². The van der Waals surface area contributed by atoms with Crippen LogP contribution in [0.2, 0.25) is 5.02 Å². The fraction of sp³-hybridized carbons (Fsp3) is 0.500. The minimum Gasteiger partial charge on any atom is -0.387 e. The molecule has 0 radical (unpaired) electrons. The molecule has 1 aromatic rings. The molecule has 3 N–H and O–H groups in total. The molecule has 1 fully saturated rings. The van der Waals surface area contributed by atoms with E-state index in [1.54, 1.807) is 30.0 Å². The second-order valence-corrected chi connectivity index (χ2v) is 6.47. The van der Waals surface area contributed by atoms with E-state index in [0.29, 0.717) is 22.8 Å². The number of benzene rings is 1. The molecule has 0 spiro atoms. The van der Waals surface area contributed by atoms with Crippen LogP contribution in [-0.2, 0) is 0 Å². The molecule has 1 atom stereocenters. The first-order valence-corrected chi connectivity index (χ1v) is 8.19. The molecule has 1 aliphatic heterocycles. The third kappa shape index (κ3) is 3.81. The second kappa shape index (κ2) is 6.70. The molecule has 20 heavy (non-hydrogen) atoms. The summed E-state index contributed by atoms with van der Waals surface area (Å²) in [5, 5.41) is 16.7. The zero-order chi connectivity index (χ0) is 14.6. The van der Waals surface area contributed by atoms with E-state index in [1.165, 1.54) is 0 Å². The van der Waals surface area contributed by atoms with Crippen molar-refractivity contribution in [2.24, 2.45) is 0 Å². The average Bonchev–Trinajstić information content (AvgIpc) is 2.86. The lowest BCUT2D eigenvalue weighted by Crippen LogP contribution is -2.43. The minimum atomic E-state index is -0.781. The van der Waals surface area contributed by atoms with Gasteiger partial charge in [-0.3, -0.25) is 4.79 Å². The monoisotopic (exact) mass is 314 g/mol. The molecule has 0 bridgehead atoms. The molecule has 6 heteroatoms. The van der Waals surface area contributed by atoms with Crippen LogP contribution in [0, 0.1) is 0 Å². The standard InChI is InChI=1S/C14H19ClN2O2S/c1-2-16-12-4-3-10(15)7-11(12)13(18)17-8-14(19)5-6-20-9-14/h3-4,7,16,19H,2,5-6,8-9H2,1H3,(H,17,18)/t14-/m1/s1. The molecule has 0 saturated carbocycles. The number of aliphatic hydroxyl groups is 1. The third-order valence-corrected chi connectivity index (χ3v) is 4.72. The van der Waals surface area contributed by atoms with Gasteiger partial charge in [-0.2, -0.15) is 11.8 Å². The maximum absolute atomic E-state index is 12.3. The Morgan fingerprint density at radius 1 is 1.55 bits per heavy atom. The number of carbonyl (C=O) groups is 1. The van der Waals surface area contributed by atoms with Gasteiger partial charge < -0.3 is 15.7 Å². The van der Waals surface area contributed by atoms with E-state index in [9.17, 15) is 9.90 Å². The van der Waals surface area contributed by atoms with Gasteiger partial charge in [-0.05, 0) is 37.3 Å². The van der Waals surface area contributed by atoms with Crippen LogP contribution in [0.25, 0.3) is 0 Å². The number of rotatable bonds is 5. The Bertz CT molecular complexity index is 490. The SMILES string of the molecule is CCNc1ccc(Cl)cc1C(=O)NC[C@]1(O)CCSC1. The van der Waals surface area contributed by atoms with Gasteiger partial charge >= 0.3 is 0 Å². The Balaban J connectivity index is 2.06. The van der Waals surface area contributed by atoms with Gasteiger partial charge in [0.25, 0.3) is 5.91 Å². The summed E-state index contributed by atoms with van der Waals surface area (Å²) in [5.41, 5.74) is 0.479. The molecule has 0 aliphatic carbocycles. The first-order chi connectivity index (χ1) is 9.54. The van der Waals surface area contributed by atoms with Crippen LogP contribution in [0.15, 0.2) is 18.2 Å². The van der Waals surface area contributed by atoms with Crippen LogP contribution in [0.5, 0.6) is 0 Å². The number of anilines is 1. The van der Waals surface area contributed by atoms with Crippen molar-refractivity contribution in [2.75, 3.05) is 29.9 Å². The Morgan fingerprint density at radius 2 is 2.35 bits per heavy atom. The first kappa shape index (κ1) is 15.5. The molecule has 0 unspecified atom stereocenters. The molecule has 4 nitrogen and oxygen atoms in total. The lowest BCUT2D eigenvalue weighted by Gasteiger charge is -2.22. The number of nitrogens with one attached hydrogen (secondary N) is 2. The van der Waals surface area contributed by atoms with Gasteiger partial charge in [0.05, 0.1) is 11.2 Å². The predicted molar refractivity (Wildman–Crippen MR) is 84.8 cm³/mol. The summed E-state index contributed by atoms with van der Waals surface area (Å²) in [6.45, 7) is 2.97. The van der Waals surface area contributed by atoms with E-state index in [-0.39, 0.29) is 12.5 Å². The molecule has 1 aliphatic rings. The van der Waals surface area contributed by atoms with Crippen molar-refractivity contribution in [1.29, 1.82) is 0 Å². The number of hydrogen-bond acceptors (Lipinski definition) is 4. The summed E-state index contributed by atoms with van der Waals surface area (Å²) in [5.74, 6) is 1.39. The van der Waals surface area contributed by atoms with Gasteiger partial charge in [0.2, 0.25) is 0 Å². The first-order valence-electron chi connectivity index (χ1n) is 6.66. The van der Waals surface area contributed by atoms with Crippen LogP contribution in [-0.4, -0.2) is 41.2 Å². The van der Waals surface area contributed by atoms with Crippen molar-refractivity contribution in [3.8, 4) is 0 Å². The van der Waals surface area contributed by atoms with Crippen molar-refractivity contribution in [3.63, 3.8) is 0 Å². The average molecular weight is 315 g/mol. The fourth-order valence-electron chi connectivity index (χ4n) is 2.12. The molecule has 110 valence electrons. The van der Waals surface area contributed by atoms with E-state index >= 15 is 0 Å². The van der Waals surface area contributed by atoms with Crippen molar-refractivity contribution in [3.05, 3.63) is 28.8 Å². The second-order valence-electron chi connectivity index (χ2n) is 4.93. The van der Waals surface area contributed by atoms with Gasteiger partial charge in [0.15, 0.2) is 0 Å². The quantitative estimate of drug-likeness (QED) is 0.781. The Labute approximate surface area is 128 Å². The summed E-state index contributed by atoms with van der Waals surface area (Å²) in [4.78, 5) is 12.3. The van der Waals surface area contributed by atoms with E-state index in [4.69, 9.17) is 11.6 Å². The van der Waals surface area contributed by atoms with Gasteiger partial charge in [-0.15, -0.1) is 0 Å². The molecule has 1 aromatic carbocycles. The van der Waals surface area contributed by atoms with Crippen molar-refractivity contribution < 1.29 is 9.90 Å². The molecular formula is C14H19ClN2O2S. The Kier molecular flexibility index (Phi) is 5.18. The normalized spacial score (nSPS) is 21.8. The van der Waals surface area contributed by atoms with Crippen LogP contribution in [0.4, 0.5) is 5.69 Å². The molecule has 1 saturated heterocycles. The molecule has 1 heterocycles. The van der Waals surface area contributed by atoms with Gasteiger partial charge in [0, 0.05) is 29.6 Å². The zero-order valence-corrected chi connectivity index (χ0v) is 13.0. The fourth-order valence-corrected chi connectivity index (χ4v) is 3.59. The summed E-state index contributed by atoms with van der Waals surface area (Å²) in [6, 6.07) is 5.18. The lowest BCUT2D eigenvalue weighted by molar-refractivity contribution is 0.0613. The molecule has 1 amide bonds. The maximum atomic E-state index is 12.3. The highest BCUT2D eigenvalue weighted by Gasteiger charge is 2.32. The largest absolute Gasteiger partial charge is 0.387 e. The number of amides is 1. The third-order valence-electron chi connectivity index (χ3n) is 3.25. The van der Waals surface area contributed by atoms with E-state index in [1.807, 2.05) is 6.92 Å². The predicted octanol–water partition coefficient (Wildman–Crippen LogP) is 2.37. The molecule has 2 rings (SSSR count). The molecular weight excluding hydrogens is 296 g/mol. The van der Waals surface area contributed by atoms with Crippen LogP contribution in [0.3, 0.4) is 0 Å². The van der Waals surface area contributed by atoms with E-state index in [2.05, 4.69) is 10.6 Å². The summed E-state index contributed by atoms with van der Waals surface area (Å²) < 4.78 is 0. The maximum Gasteiger partial charge on any atom is 0.253 e. The summed E-state index contributed by atoms with van der Waals surface area (Å²) in [7, 11) is 0. The van der Waals surface area contributed by atoms with Crippen molar-refractivity contribution >= 4 is 35.0 Å². The van der Waals surface area contributed by atoms with Gasteiger partial charge in [0.1, 0.15) is 0 Å². The van der Waals surface area contributed by atoms with Gasteiger partial charge in [-0.25, -0.2) is 0 Å². The van der Waals surface area contributed by atoms with Crippen LogP contribution in [0.1, 0.15) is 23.7 Å². The van der Waals surface area contributed by atoms with E-state index < -0.39 is 5.60 Å². The number of halogens is 1. The highest BCUT2D eigenvalue weighted by molar-refractivity contribution is 7.99. The highest BCUT2D eigenvalue weighted by atomic mass is 35.5. The number of carbonyl (C=O) groups excluding carboxylic acids is 1. The zero-order valence-electron chi connectivity index (χ0n) is 11.4. The number of thioether (sulfide) groups is 1. The molecule has 0 aromatic heterocycles. The highest BCUT2D eigenvalue weighted by Crippen LogP contribution is 2.27. The van der Waals surface area contributed by atoms with Crippen LogP contribution >= 0.6 is 23.4 Å². The lowest BCUT2D eigenvalue weighted by atomic mass is 10.0. The topological polar surface area (TPSA) is 61.4 Å². The Hall–Kier alpha value is -0.910. The summed E-state index contributed by atoms with van der Waals surface area (Å²) >= 11 is 7.66. The van der Waals surface area contributed by atoms with E-state index in [0.717, 1.165) is 18.0 Å². The Morgan fingerprint density at radius 3 is 3.00 bits per heavy atom. The van der Waals surface area contributed by atoms with Crippen LogP contribution < -0.4 is 10.6 Å². The van der Waals surface area contributed by atoms with Crippen molar-refractivity contribution in [1.82, 2.24) is 5.32 Å². The summed E-state index contributed by atoms with van der Waals surface area (Å²) in [6.07, 6.45) is 0.716.